The van der Waals surface area contributed by atoms with Gasteiger partial charge in [-0.05, 0) is 124 Å². The SMILES string of the molecule is Cc1cc2c3c(c1)N(c1ccc(-c4cccc5c4oc4ccccc45)cc1)c1ccc(C(C)C)cc1B3c1cc(C(C)C)ccc1N2c1ccc(-c2cccc3c2oc2ccccc23)cc1. The van der Waals surface area contributed by atoms with Gasteiger partial charge in [0.25, 0.3) is 6.71 Å². The molecule has 0 unspecified atom stereocenters. The van der Waals surface area contributed by atoms with Crippen LogP contribution in [-0.4, -0.2) is 6.71 Å². The number of hydrogen-bond donors (Lipinski definition) is 0. The summed E-state index contributed by atoms with van der Waals surface area (Å²) in [6, 6.07) is 67.0. The molecule has 0 atom stereocenters. The Labute approximate surface area is 385 Å². The van der Waals surface area contributed by atoms with Crippen molar-refractivity contribution in [1.29, 1.82) is 0 Å². The van der Waals surface area contributed by atoms with Gasteiger partial charge in [0, 0.05) is 66.8 Å². The molecule has 2 aliphatic heterocycles. The van der Waals surface area contributed by atoms with Gasteiger partial charge in [0.1, 0.15) is 22.3 Å². The van der Waals surface area contributed by atoms with E-state index in [0.717, 1.165) is 77.5 Å². The van der Waals surface area contributed by atoms with Crippen LogP contribution in [0.3, 0.4) is 0 Å². The molecule has 0 spiro atoms. The first-order chi connectivity index (χ1) is 32.3. The first kappa shape index (κ1) is 38.7. The lowest BCUT2D eigenvalue weighted by molar-refractivity contribution is 0.669. The van der Waals surface area contributed by atoms with Crippen LogP contribution in [0, 0.1) is 6.92 Å². The van der Waals surface area contributed by atoms with Gasteiger partial charge in [0.15, 0.2) is 0 Å². The van der Waals surface area contributed by atoms with E-state index in [1.807, 2.05) is 12.1 Å². The van der Waals surface area contributed by atoms with Gasteiger partial charge in [-0.1, -0.05) is 149 Å². The van der Waals surface area contributed by atoms with Gasteiger partial charge in [0.2, 0.25) is 0 Å². The smallest absolute Gasteiger partial charge is 0.252 e. The molecule has 0 N–H and O–H groups in total. The zero-order chi connectivity index (χ0) is 44.4. The Morgan fingerprint density at radius 3 is 1.27 bits per heavy atom. The number of benzene rings is 9. The summed E-state index contributed by atoms with van der Waals surface area (Å²) in [6.45, 7) is 11.5. The molecule has 0 bridgehead atoms. The minimum Gasteiger partial charge on any atom is -0.455 e. The van der Waals surface area contributed by atoms with E-state index in [1.165, 1.54) is 55.8 Å². The van der Waals surface area contributed by atoms with Gasteiger partial charge in [-0.25, -0.2) is 0 Å². The van der Waals surface area contributed by atoms with Crippen molar-refractivity contribution >= 4 is 101 Å². The molecule has 13 rings (SSSR count). The summed E-state index contributed by atoms with van der Waals surface area (Å²) in [5.41, 5.74) is 23.1. The summed E-state index contributed by atoms with van der Waals surface area (Å²) in [4.78, 5) is 5.03. The zero-order valence-electron chi connectivity index (χ0n) is 37.8. The zero-order valence-corrected chi connectivity index (χ0v) is 37.8. The summed E-state index contributed by atoms with van der Waals surface area (Å²) in [5, 5.41) is 4.56. The van der Waals surface area contributed by atoms with Gasteiger partial charge in [-0.3, -0.25) is 0 Å². The molecular formula is C61H47BN2O2. The van der Waals surface area contributed by atoms with Crippen LogP contribution in [0.1, 0.15) is 56.2 Å². The number of para-hydroxylation sites is 4. The number of furan rings is 2. The molecule has 66 heavy (non-hydrogen) atoms. The maximum absolute atomic E-state index is 6.50. The van der Waals surface area contributed by atoms with Gasteiger partial charge in [-0.15, -0.1) is 0 Å². The highest BCUT2D eigenvalue weighted by atomic mass is 16.3. The Balaban J connectivity index is 0.991. The van der Waals surface area contributed by atoms with Crippen molar-refractivity contribution in [3.8, 4) is 22.3 Å². The highest BCUT2D eigenvalue weighted by molar-refractivity contribution is 7.00. The molecule has 2 aromatic heterocycles. The van der Waals surface area contributed by atoms with Crippen molar-refractivity contribution < 1.29 is 8.83 Å². The van der Waals surface area contributed by atoms with Crippen LogP contribution >= 0.6 is 0 Å². The van der Waals surface area contributed by atoms with Crippen LogP contribution in [0.25, 0.3) is 66.1 Å². The summed E-state index contributed by atoms with van der Waals surface area (Å²) < 4.78 is 13.0. The Morgan fingerprint density at radius 2 is 0.833 bits per heavy atom. The van der Waals surface area contributed by atoms with E-state index in [9.17, 15) is 0 Å². The maximum Gasteiger partial charge on any atom is 0.252 e. The average Bonchev–Trinajstić information content (AvgIpc) is 3.93. The fraction of sp³-hybridized carbons (Fsp3) is 0.115. The second-order valence-electron chi connectivity index (χ2n) is 18.9. The predicted molar refractivity (Wildman–Crippen MR) is 279 cm³/mol. The van der Waals surface area contributed by atoms with Crippen molar-refractivity contribution in [2.45, 2.75) is 46.5 Å². The first-order valence-electron chi connectivity index (χ1n) is 23.3. The van der Waals surface area contributed by atoms with Crippen LogP contribution in [0.5, 0.6) is 0 Å². The molecule has 316 valence electrons. The fourth-order valence-electron chi connectivity index (χ4n) is 11.0. The van der Waals surface area contributed by atoms with Crippen molar-refractivity contribution in [2.24, 2.45) is 0 Å². The number of anilines is 6. The third kappa shape index (κ3) is 5.79. The van der Waals surface area contributed by atoms with Crippen LogP contribution < -0.4 is 26.2 Å². The fourth-order valence-corrected chi connectivity index (χ4v) is 11.0. The largest absolute Gasteiger partial charge is 0.455 e. The average molecular weight is 851 g/mol. The molecule has 2 aliphatic rings. The lowest BCUT2D eigenvalue weighted by atomic mass is 9.33. The summed E-state index contributed by atoms with van der Waals surface area (Å²) in [6.07, 6.45) is 0. The second kappa shape index (κ2) is 14.6. The normalized spacial score (nSPS) is 13.1. The van der Waals surface area contributed by atoms with Gasteiger partial charge < -0.3 is 18.6 Å². The maximum atomic E-state index is 6.50. The lowest BCUT2D eigenvalue weighted by Crippen LogP contribution is -2.61. The standard InChI is InChI=1S/C61H47BN2O2/c1-36(2)41-24-30-53-51(34-41)62-52-35-42(37(3)4)25-31-54(52)64(44-28-22-40(23-29-44)46-15-11-17-50-48-13-7-9-19-58(48)66-61(46)50)56-33-38(5)32-55(59(56)62)63(53)43-26-20-39(21-27-43)45-14-10-16-49-47-12-6-8-18-57(47)65-60(45)49/h6-37H,1-5H3. The second-order valence-corrected chi connectivity index (χ2v) is 18.9. The minimum absolute atomic E-state index is 0.0421. The number of aryl methyl sites for hydroxylation is 1. The van der Waals surface area contributed by atoms with E-state index in [2.05, 4.69) is 214 Å². The molecule has 0 saturated heterocycles. The Bertz CT molecular complexity index is 3500. The third-order valence-corrected chi connectivity index (χ3v) is 14.3. The van der Waals surface area contributed by atoms with E-state index in [0.29, 0.717) is 11.8 Å². The van der Waals surface area contributed by atoms with Crippen molar-refractivity contribution in [3.63, 3.8) is 0 Å². The monoisotopic (exact) mass is 850 g/mol. The molecule has 0 amide bonds. The number of nitrogens with zero attached hydrogens (tertiary/aromatic N) is 2. The number of hydrogen-bond acceptors (Lipinski definition) is 4. The van der Waals surface area contributed by atoms with E-state index < -0.39 is 0 Å². The van der Waals surface area contributed by atoms with Crippen molar-refractivity contribution in [3.05, 3.63) is 199 Å². The Kier molecular flexibility index (Phi) is 8.58. The van der Waals surface area contributed by atoms with Crippen LogP contribution in [0.15, 0.2) is 191 Å². The lowest BCUT2D eigenvalue weighted by Gasteiger charge is -2.44. The molecule has 9 aromatic carbocycles. The molecule has 0 aliphatic carbocycles. The first-order valence-corrected chi connectivity index (χ1v) is 23.3. The molecule has 0 saturated carbocycles. The Hall–Kier alpha value is -7.76. The number of fused-ring (bicyclic) bond motifs is 10. The van der Waals surface area contributed by atoms with Crippen molar-refractivity contribution in [1.82, 2.24) is 0 Å². The predicted octanol–water partition coefficient (Wildman–Crippen LogP) is 15.5. The molecule has 5 heteroatoms. The van der Waals surface area contributed by atoms with E-state index >= 15 is 0 Å². The van der Waals surface area contributed by atoms with Crippen LogP contribution in [0.4, 0.5) is 34.1 Å². The summed E-state index contributed by atoms with van der Waals surface area (Å²) in [7, 11) is 0. The highest BCUT2D eigenvalue weighted by Gasteiger charge is 2.44. The molecule has 4 nitrogen and oxygen atoms in total. The molecular weight excluding hydrogens is 803 g/mol. The van der Waals surface area contributed by atoms with Gasteiger partial charge in [-0.2, -0.15) is 0 Å². The minimum atomic E-state index is 0.0421. The highest BCUT2D eigenvalue weighted by Crippen LogP contribution is 2.47. The summed E-state index contributed by atoms with van der Waals surface area (Å²) >= 11 is 0. The van der Waals surface area contributed by atoms with Gasteiger partial charge >= 0.3 is 0 Å². The van der Waals surface area contributed by atoms with E-state index in [-0.39, 0.29) is 6.71 Å². The topological polar surface area (TPSA) is 32.8 Å². The van der Waals surface area contributed by atoms with E-state index in [4.69, 9.17) is 8.83 Å². The van der Waals surface area contributed by atoms with Crippen LogP contribution in [0.2, 0.25) is 0 Å². The van der Waals surface area contributed by atoms with Crippen LogP contribution in [-0.2, 0) is 0 Å². The molecule has 4 heterocycles. The van der Waals surface area contributed by atoms with Crippen molar-refractivity contribution in [2.75, 3.05) is 9.80 Å². The third-order valence-electron chi connectivity index (χ3n) is 14.3. The van der Waals surface area contributed by atoms with Gasteiger partial charge in [0.05, 0.1) is 0 Å². The molecule has 0 radical (unpaired) electrons. The quantitative estimate of drug-likeness (QED) is 0.156. The summed E-state index contributed by atoms with van der Waals surface area (Å²) in [5.74, 6) is 0.765. The Morgan fingerprint density at radius 1 is 0.409 bits per heavy atom. The molecule has 11 aromatic rings. The molecule has 0 fully saturated rings. The van der Waals surface area contributed by atoms with E-state index in [1.54, 1.807) is 0 Å². The number of rotatable bonds is 6.